The summed E-state index contributed by atoms with van der Waals surface area (Å²) in [6.07, 6.45) is 5.85. The lowest BCUT2D eigenvalue weighted by molar-refractivity contribution is -0.122. The summed E-state index contributed by atoms with van der Waals surface area (Å²) in [4.78, 5) is 11.7. The Hall–Kier alpha value is -0.610. The number of ether oxygens (including phenoxy) is 1. The maximum absolute atomic E-state index is 11.7. The van der Waals surface area contributed by atoms with Gasteiger partial charge in [-0.05, 0) is 26.2 Å². The molecule has 3 N–H and O–H groups in total. The van der Waals surface area contributed by atoms with Crippen LogP contribution in [0.1, 0.15) is 45.4 Å². The van der Waals surface area contributed by atoms with Crippen LogP contribution in [0.5, 0.6) is 0 Å². The molecular weight excluding hydrogens is 204 g/mol. The van der Waals surface area contributed by atoms with E-state index < -0.39 is 0 Å². The van der Waals surface area contributed by atoms with E-state index in [2.05, 4.69) is 5.32 Å². The number of nitrogens with two attached hydrogens (primary N) is 1. The molecule has 1 aliphatic rings. The molecule has 4 heteroatoms. The molecule has 0 aliphatic heterocycles. The molecule has 1 fully saturated rings. The van der Waals surface area contributed by atoms with E-state index in [1.807, 2.05) is 6.92 Å². The van der Waals surface area contributed by atoms with Gasteiger partial charge in [0.15, 0.2) is 0 Å². The van der Waals surface area contributed by atoms with Crippen LogP contribution in [0.2, 0.25) is 0 Å². The summed E-state index contributed by atoms with van der Waals surface area (Å²) >= 11 is 0. The second-order valence-corrected chi connectivity index (χ2v) is 4.71. The van der Waals surface area contributed by atoms with Crippen LogP contribution >= 0.6 is 0 Å². The van der Waals surface area contributed by atoms with Crippen molar-refractivity contribution in [2.75, 3.05) is 7.11 Å². The van der Waals surface area contributed by atoms with Gasteiger partial charge in [-0.3, -0.25) is 4.79 Å². The highest BCUT2D eigenvalue weighted by Gasteiger charge is 2.23. The Labute approximate surface area is 97.9 Å². The summed E-state index contributed by atoms with van der Waals surface area (Å²) in [5.41, 5.74) is 5.97. The third kappa shape index (κ3) is 4.49. The van der Waals surface area contributed by atoms with Gasteiger partial charge in [0, 0.05) is 25.6 Å². The summed E-state index contributed by atoms with van der Waals surface area (Å²) < 4.78 is 5.11. The summed E-state index contributed by atoms with van der Waals surface area (Å²) in [5, 5.41) is 3.03. The van der Waals surface area contributed by atoms with Crippen molar-refractivity contribution in [1.29, 1.82) is 0 Å². The number of methoxy groups -OCH3 is 1. The molecule has 0 spiro atoms. The van der Waals surface area contributed by atoms with Gasteiger partial charge in [0.2, 0.25) is 5.91 Å². The normalized spacial score (nSPS) is 27.4. The van der Waals surface area contributed by atoms with Gasteiger partial charge in [-0.2, -0.15) is 0 Å². The average Bonchev–Trinajstić information content (AvgIpc) is 2.29. The molecule has 16 heavy (non-hydrogen) atoms. The van der Waals surface area contributed by atoms with E-state index in [-0.39, 0.29) is 24.1 Å². The minimum atomic E-state index is 0.103. The number of hydrogen-bond donors (Lipinski definition) is 2. The number of carbonyl (C=O) groups excluding carboxylic acids is 1. The molecule has 1 aliphatic carbocycles. The Bertz CT molecular complexity index is 221. The van der Waals surface area contributed by atoms with E-state index in [1.54, 1.807) is 7.11 Å². The van der Waals surface area contributed by atoms with Crippen molar-refractivity contribution in [1.82, 2.24) is 5.32 Å². The van der Waals surface area contributed by atoms with Gasteiger partial charge >= 0.3 is 0 Å². The fourth-order valence-corrected chi connectivity index (χ4v) is 2.07. The van der Waals surface area contributed by atoms with Crippen molar-refractivity contribution in [3.8, 4) is 0 Å². The van der Waals surface area contributed by atoms with Crippen LogP contribution in [0.15, 0.2) is 0 Å². The third-order valence-electron chi connectivity index (χ3n) is 3.35. The predicted octanol–water partition coefficient (Wildman–Crippen LogP) is 1.19. The number of rotatable bonds is 5. The summed E-state index contributed by atoms with van der Waals surface area (Å²) in [6, 6.07) is 0.316. The molecule has 0 bridgehead atoms. The molecule has 3 unspecified atom stereocenters. The lowest BCUT2D eigenvalue weighted by Crippen LogP contribution is -2.49. The SMILES string of the molecule is COC(C)CCC(=O)NC1CCCCC1N. The average molecular weight is 228 g/mol. The monoisotopic (exact) mass is 228 g/mol. The number of carbonyl (C=O) groups is 1. The fourth-order valence-electron chi connectivity index (χ4n) is 2.07. The van der Waals surface area contributed by atoms with Crippen molar-refractivity contribution in [3.05, 3.63) is 0 Å². The van der Waals surface area contributed by atoms with Gasteiger partial charge < -0.3 is 15.8 Å². The van der Waals surface area contributed by atoms with Gasteiger partial charge in [0.1, 0.15) is 0 Å². The van der Waals surface area contributed by atoms with Gasteiger partial charge in [0.25, 0.3) is 0 Å². The van der Waals surface area contributed by atoms with Gasteiger partial charge in [-0.25, -0.2) is 0 Å². The number of amides is 1. The maximum atomic E-state index is 11.7. The molecule has 94 valence electrons. The van der Waals surface area contributed by atoms with E-state index in [9.17, 15) is 4.79 Å². The molecule has 0 heterocycles. The Morgan fingerprint density at radius 1 is 1.50 bits per heavy atom. The highest BCUT2D eigenvalue weighted by molar-refractivity contribution is 5.76. The fraction of sp³-hybridized carbons (Fsp3) is 0.917. The van der Waals surface area contributed by atoms with E-state index in [0.29, 0.717) is 6.42 Å². The van der Waals surface area contributed by atoms with Crippen LogP contribution in [0.4, 0.5) is 0 Å². The second kappa shape index (κ2) is 6.86. The first kappa shape index (κ1) is 13.5. The largest absolute Gasteiger partial charge is 0.382 e. The second-order valence-electron chi connectivity index (χ2n) is 4.71. The Balaban J connectivity index is 2.22. The smallest absolute Gasteiger partial charge is 0.220 e. The molecule has 0 saturated heterocycles. The van der Waals surface area contributed by atoms with Crippen molar-refractivity contribution in [2.24, 2.45) is 5.73 Å². The molecule has 0 aromatic heterocycles. The van der Waals surface area contributed by atoms with Crippen LogP contribution in [-0.2, 0) is 9.53 Å². The zero-order chi connectivity index (χ0) is 12.0. The highest BCUT2D eigenvalue weighted by Crippen LogP contribution is 2.17. The maximum Gasteiger partial charge on any atom is 0.220 e. The van der Waals surface area contributed by atoms with Crippen LogP contribution in [-0.4, -0.2) is 31.2 Å². The topological polar surface area (TPSA) is 64.3 Å². The van der Waals surface area contributed by atoms with Crippen molar-refractivity contribution >= 4 is 5.91 Å². The Morgan fingerprint density at radius 2 is 2.19 bits per heavy atom. The quantitative estimate of drug-likeness (QED) is 0.743. The summed E-state index contributed by atoms with van der Waals surface area (Å²) in [5.74, 6) is 0.103. The van der Waals surface area contributed by atoms with E-state index >= 15 is 0 Å². The third-order valence-corrected chi connectivity index (χ3v) is 3.35. The zero-order valence-electron chi connectivity index (χ0n) is 10.4. The molecule has 1 rings (SSSR count). The molecule has 0 aromatic carbocycles. The summed E-state index contributed by atoms with van der Waals surface area (Å²) in [6.45, 7) is 1.97. The van der Waals surface area contributed by atoms with E-state index in [0.717, 1.165) is 19.3 Å². The van der Waals surface area contributed by atoms with Crippen LogP contribution < -0.4 is 11.1 Å². The van der Waals surface area contributed by atoms with Crippen LogP contribution in [0.25, 0.3) is 0 Å². The van der Waals surface area contributed by atoms with Crippen LogP contribution in [0.3, 0.4) is 0 Å². The van der Waals surface area contributed by atoms with Gasteiger partial charge in [-0.15, -0.1) is 0 Å². The first-order chi connectivity index (χ1) is 7.63. The van der Waals surface area contributed by atoms with Gasteiger partial charge in [0.05, 0.1) is 6.10 Å². The van der Waals surface area contributed by atoms with Crippen LogP contribution in [0, 0.1) is 0 Å². The minimum Gasteiger partial charge on any atom is -0.382 e. The predicted molar refractivity (Wildman–Crippen MR) is 64.1 cm³/mol. The molecule has 1 saturated carbocycles. The number of hydrogen-bond acceptors (Lipinski definition) is 3. The Kier molecular flexibility index (Phi) is 5.77. The number of nitrogens with one attached hydrogen (secondary N) is 1. The highest BCUT2D eigenvalue weighted by atomic mass is 16.5. The molecule has 4 nitrogen and oxygen atoms in total. The molecule has 0 aromatic rings. The lowest BCUT2D eigenvalue weighted by atomic mass is 9.91. The van der Waals surface area contributed by atoms with E-state index in [4.69, 9.17) is 10.5 Å². The van der Waals surface area contributed by atoms with Gasteiger partial charge in [-0.1, -0.05) is 12.8 Å². The standard InChI is InChI=1S/C12H24N2O2/c1-9(16-2)7-8-12(15)14-11-6-4-3-5-10(11)13/h9-11H,3-8,13H2,1-2H3,(H,14,15). The first-order valence-electron chi connectivity index (χ1n) is 6.21. The molecule has 1 amide bonds. The Morgan fingerprint density at radius 3 is 2.81 bits per heavy atom. The summed E-state index contributed by atoms with van der Waals surface area (Å²) in [7, 11) is 1.67. The van der Waals surface area contributed by atoms with Crippen molar-refractivity contribution in [2.45, 2.75) is 63.6 Å². The molecular formula is C12H24N2O2. The van der Waals surface area contributed by atoms with E-state index in [1.165, 1.54) is 12.8 Å². The van der Waals surface area contributed by atoms with Crippen molar-refractivity contribution < 1.29 is 9.53 Å². The van der Waals surface area contributed by atoms with Crippen molar-refractivity contribution in [3.63, 3.8) is 0 Å². The minimum absolute atomic E-state index is 0.103. The first-order valence-corrected chi connectivity index (χ1v) is 6.21. The molecule has 3 atom stereocenters. The molecule has 0 radical (unpaired) electrons. The lowest BCUT2D eigenvalue weighted by Gasteiger charge is -2.29. The zero-order valence-corrected chi connectivity index (χ0v) is 10.4.